The van der Waals surface area contributed by atoms with E-state index >= 15 is 0 Å². The molecule has 0 aliphatic carbocycles. The lowest BCUT2D eigenvalue weighted by Gasteiger charge is -2.00. The Hall–Kier alpha value is -1.39. The van der Waals surface area contributed by atoms with E-state index in [0.29, 0.717) is 19.3 Å². The Morgan fingerprint density at radius 2 is 1.73 bits per heavy atom. The second-order valence-electron chi connectivity index (χ2n) is 3.55. The Morgan fingerprint density at radius 1 is 1.13 bits per heavy atom. The number of hydrogen-bond acceptors (Lipinski definition) is 3. The minimum atomic E-state index is -0.786. The van der Waals surface area contributed by atoms with Crippen LogP contribution in [0.15, 0.2) is 5.10 Å². The number of carbonyl (C=O) groups is 2. The van der Waals surface area contributed by atoms with Gasteiger partial charge < -0.3 is 5.11 Å². The van der Waals surface area contributed by atoms with Crippen molar-refractivity contribution >= 4 is 17.6 Å². The van der Waals surface area contributed by atoms with Crippen LogP contribution in [0.5, 0.6) is 0 Å². The highest BCUT2D eigenvalue weighted by atomic mass is 16.4. The van der Waals surface area contributed by atoms with Crippen molar-refractivity contribution in [3.63, 3.8) is 0 Å². The summed E-state index contributed by atoms with van der Waals surface area (Å²) in [5.41, 5.74) is 3.21. The smallest absolute Gasteiger partial charge is 0.303 e. The third-order valence-corrected chi connectivity index (χ3v) is 1.70. The van der Waals surface area contributed by atoms with Crippen LogP contribution in [0.2, 0.25) is 0 Å². The zero-order valence-corrected chi connectivity index (χ0v) is 9.25. The molecule has 0 bridgehead atoms. The van der Waals surface area contributed by atoms with E-state index in [1.54, 1.807) is 13.8 Å². The van der Waals surface area contributed by atoms with Crippen LogP contribution in [-0.4, -0.2) is 22.7 Å². The van der Waals surface area contributed by atoms with E-state index in [1.807, 2.05) is 0 Å². The number of nitrogens with one attached hydrogen (secondary N) is 1. The van der Waals surface area contributed by atoms with Crippen LogP contribution in [0.1, 0.15) is 46.0 Å². The SMILES string of the molecule is CC(C)=NNC(=O)CCCCCC(=O)O. The van der Waals surface area contributed by atoms with Crippen molar-refractivity contribution in [2.45, 2.75) is 46.0 Å². The Bertz CT molecular complexity index is 245. The molecule has 0 aliphatic rings. The Labute approximate surface area is 89.6 Å². The van der Waals surface area contributed by atoms with Crippen molar-refractivity contribution in [2.24, 2.45) is 5.10 Å². The van der Waals surface area contributed by atoms with Crippen LogP contribution in [0, 0.1) is 0 Å². The summed E-state index contributed by atoms with van der Waals surface area (Å²) < 4.78 is 0. The molecule has 0 aliphatic heterocycles. The van der Waals surface area contributed by atoms with Crippen LogP contribution in [0.4, 0.5) is 0 Å². The molecule has 0 aromatic rings. The first-order valence-corrected chi connectivity index (χ1v) is 5.04. The lowest BCUT2D eigenvalue weighted by Crippen LogP contribution is -2.17. The van der Waals surface area contributed by atoms with Gasteiger partial charge >= 0.3 is 5.97 Å². The zero-order valence-electron chi connectivity index (χ0n) is 9.25. The number of carbonyl (C=O) groups excluding carboxylic acids is 1. The second-order valence-corrected chi connectivity index (χ2v) is 3.55. The highest BCUT2D eigenvalue weighted by Gasteiger charge is 2.00. The summed E-state index contributed by atoms with van der Waals surface area (Å²) in [6.45, 7) is 3.60. The number of carboxylic acid groups (broad SMARTS) is 1. The van der Waals surface area contributed by atoms with Crippen LogP contribution in [0.3, 0.4) is 0 Å². The van der Waals surface area contributed by atoms with Crippen LogP contribution < -0.4 is 5.43 Å². The molecule has 0 fully saturated rings. The highest BCUT2D eigenvalue weighted by molar-refractivity contribution is 5.82. The normalized spacial score (nSPS) is 9.47. The summed E-state index contributed by atoms with van der Waals surface area (Å²) in [4.78, 5) is 21.3. The van der Waals surface area contributed by atoms with E-state index < -0.39 is 5.97 Å². The van der Waals surface area contributed by atoms with Gasteiger partial charge in [0.15, 0.2) is 0 Å². The largest absolute Gasteiger partial charge is 0.481 e. The Morgan fingerprint density at radius 3 is 2.27 bits per heavy atom. The maximum Gasteiger partial charge on any atom is 0.303 e. The number of hydrazone groups is 1. The van der Waals surface area contributed by atoms with Gasteiger partial charge in [-0.25, -0.2) is 5.43 Å². The summed E-state index contributed by atoms with van der Waals surface area (Å²) >= 11 is 0. The molecule has 0 spiro atoms. The van der Waals surface area contributed by atoms with Gasteiger partial charge in [0, 0.05) is 18.6 Å². The molecule has 5 nitrogen and oxygen atoms in total. The van der Waals surface area contributed by atoms with Gasteiger partial charge in [-0.05, 0) is 26.7 Å². The predicted molar refractivity (Wildman–Crippen MR) is 57.6 cm³/mol. The minimum absolute atomic E-state index is 0.119. The second kappa shape index (κ2) is 7.96. The molecule has 0 rings (SSSR count). The predicted octanol–water partition coefficient (Wildman–Crippen LogP) is 1.53. The summed E-state index contributed by atoms with van der Waals surface area (Å²) in [6, 6.07) is 0. The minimum Gasteiger partial charge on any atom is -0.481 e. The molecule has 5 heteroatoms. The van der Waals surface area contributed by atoms with Crippen molar-refractivity contribution in [3.8, 4) is 0 Å². The lowest BCUT2D eigenvalue weighted by atomic mass is 10.1. The van der Waals surface area contributed by atoms with E-state index in [2.05, 4.69) is 10.5 Å². The van der Waals surface area contributed by atoms with Gasteiger partial charge in [0.2, 0.25) is 5.91 Å². The molecule has 0 aromatic heterocycles. The maximum atomic E-state index is 11.1. The van der Waals surface area contributed by atoms with Gasteiger partial charge in [-0.2, -0.15) is 5.10 Å². The number of carboxylic acids is 1. The quantitative estimate of drug-likeness (QED) is 0.383. The lowest BCUT2D eigenvalue weighted by molar-refractivity contribution is -0.137. The molecule has 2 N–H and O–H groups in total. The van der Waals surface area contributed by atoms with E-state index in [4.69, 9.17) is 5.11 Å². The molecular formula is C10H18N2O3. The molecule has 0 radical (unpaired) electrons. The molecule has 0 saturated heterocycles. The number of hydrogen-bond donors (Lipinski definition) is 2. The third kappa shape index (κ3) is 10.5. The number of nitrogens with zero attached hydrogens (tertiary/aromatic N) is 1. The van der Waals surface area contributed by atoms with Gasteiger partial charge in [0.05, 0.1) is 0 Å². The van der Waals surface area contributed by atoms with Gasteiger partial charge in [0.25, 0.3) is 0 Å². The first-order valence-electron chi connectivity index (χ1n) is 5.04. The van der Waals surface area contributed by atoms with Crippen LogP contribution in [0.25, 0.3) is 0 Å². The topological polar surface area (TPSA) is 78.8 Å². The fourth-order valence-electron chi connectivity index (χ4n) is 0.969. The van der Waals surface area contributed by atoms with Crippen LogP contribution >= 0.6 is 0 Å². The van der Waals surface area contributed by atoms with E-state index in [9.17, 15) is 9.59 Å². The monoisotopic (exact) mass is 214 g/mol. The molecule has 86 valence electrons. The van der Waals surface area contributed by atoms with Crippen molar-refractivity contribution in [3.05, 3.63) is 0 Å². The Kier molecular flexibility index (Phi) is 7.23. The summed E-state index contributed by atoms with van der Waals surface area (Å²) in [5, 5.41) is 12.1. The van der Waals surface area contributed by atoms with E-state index in [0.717, 1.165) is 12.1 Å². The number of rotatable bonds is 7. The van der Waals surface area contributed by atoms with Gasteiger partial charge in [-0.15, -0.1) is 0 Å². The molecule has 1 amide bonds. The fourth-order valence-corrected chi connectivity index (χ4v) is 0.969. The van der Waals surface area contributed by atoms with Gasteiger partial charge in [-0.3, -0.25) is 9.59 Å². The van der Waals surface area contributed by atoms with Crippen molar-refractivity contribution in [1.29, 1.82) is 0 Å². The Balaban J connectivity index is 3.39. The molecule has 0 heterocycles. The summed E-state index contributed by atoms with van der Waals surface area (Å²) in [6.07, 6.45) is 2.66. The van der Waals surface area contributed by atoms with Gasteiger partial charge in [-0.1, -0.05) is 6.42 Å². The fraction of sp³-hybridized carbons (Fsp3) is 0.700. The van der Waals surface area contributed by atoms with Crippen molar-refractivity contribution < 1.29 is 14.7 Å². The van der Waals surface area contributed by atoms with E-state index in [1.165, 1.54) is 0 Å². The first-order chi connectivity index (χ1) is 7.02. The first kappa shape index (κ1) is 13.6. The summed E-state index contributed by atoms with van der Waals surface area (Å²) in [5.74, 6) is -0.905. The number of amides is 1. The maximum absolute atomic E-state index is 11.1. The summed E-state index contributed by atoms with van der Waals surface area (Å²) in [7, 11) is 0. The molecule has 0 unspecified atom stereocenters. The third-order valence-electron chi connectivity index (χ3n) is 1.70. The molecule has 0 aromatic carbocycles. The molecular weight excluding hydrogens is 196 g/mol. The standard InChI is InChI=1S/C10H18N2O3/c1-8(2)11-12-9(13)6-4-3-5-7-10(14)15/h3-7H2,1-2H3,(H,12,13)(H,14,15). The zero-order chi connectivity index (χ0) is 11.7. The number of unbranched alkanes of at least 4 members (excludes halogenated alkanes) is 2. The molecule has 15 heavy (non-hydrogen) atoms. The van der Waals surface area contributed by atoms with E-state index in [-0.39, 0.29) is 12.3 Å². The van der Waals surface area contributed by atoms with Crippen molar-refractivity contribution in [1.82, 2.24) is 5.43 Å². The average molecular weight is 214 g/mol. The van der Waals surface area contributed by atoms with Gasteiger partial charge in [0.1, 0.15) is 0 Å². The number of aliphatic carboxylic acids is 1. The average Bonchev–Trinajstić information content (AvgIpc) is 2.13. The van der Waals surface area contributed by atoms with Crippen LogP contribution in [-0.2, 0) is 9.59 Å². The van der Waals surface area contributed by atoms with Crippen molar-refractivity contribution in [2.75, 3.05) is 0 Å². The molecule has 0 saturated carbocycles. The highest BCUT2D eigenvalue weighted by Crippen LogP contribution is 2.02. The molecule has 0 atom stereocenters.